The van der Waals surface area contributed by atoms with Crippen LogP contribution in [0.15, 0.2) is 72.9 Å². The predicted molar refractivity (Wildman–Crippen MR) is 125 cm³/mol. The first kappa shape index (κ1) is 22.2. The monoisotopic (exact) mass is 443 g/mol. The third-order valence-corrected chi connectivity index (χ3v) is 5.86. The van der Waals surface area contributed by atoms with Crippen LogP contribution in [0.2, 0.25) is 0 Å². The number of nitrogens with zero attached hydrogens (tertiary/aromatic N) is 3. The summed E-state index contributed by atoms with van der Waals surface area (Å²) >= 11 is 0. The van der Waals surface area contributed by atoms with Crippen molar-refractivity contribution in [2.24, 2.45) is 0 Å². The number of amides is 2. The lowest BCUT2D eigenvalue weighted by atomic mass is 9.89. The molecule has 1 aromatic heterocycles. The van der Waals surface area contributed by atoms with E-state index in [4.69, 9.17) is 4.74 Å². The number of rotatable bonds is 4. The molecule has 0 saturated carbocycles. The maximum absolute atomic E-state index is 13.5. The smallest absolute Gasteiger partial charge is 0.337 e. The maximum Gasteiger partial charge on any atom is 0.337 e. The molecule has 33 heavy (non-hydrogen) atoms. The quantitative estimate of drug-likeness (QED) is 0.559. The summed E-state index contributed by atoms with van der Waals surface area (Å²) in [5.74, 6) is -0.910. The largest absolute Gasteiger partial charge is 0.465 e. The second kappa shape index (κ2) is 9.24. The molecule has 0 fully saturated rings. The highest BCUT2D eigenvalue weighted by atomic mass is 16.5. The first-order chi connectivity index (χ1) is 15.9. The minimum atomic E-state index is -0.529. The van der Waals surface area contributed by atoms with Crippen LogP contribution in [-0.2, 0) is 9.53 Å². The van der Waals surface area contributed by atoms with Crippen molar-refractivity contribution in [3.63, 3.8) is 0 Å². The van der Waals surface area contributed by atoms with E-state index in [1.807, 2.05) is 61.5 Å². The lowest BCUT2D eigenvalue weighted by Gasteiger charge is -2.43. The number of fused-ring (bicyclic) bond motifs is 1. The predicted octanol–water partition coefficient (Wildman–Crippen LogP) is 4.40. The van der Waals surface area contributed by atoms with Crippen LogP contribution in [0.4, 0.5) is 11.4 Å². The number of ether oxygens (including phenoxy) is 1. The highest BCUT2D eigenvalue weighted by Gasteiger charge is 2.38. The number of aromatic nitrogens is 1. The molecule has 0 spiro atoms. The summed E-state index contributed by atoms with van der Waals surface area (Å²) in [4.78, 5) is 45.9. The molecule has 1 aliphatic heterocycles. The van der Waals surface area contributed by atoms with E-state index in [-0.39, 0.29) is 35.2 Å². The van der Waals surface area contributed by atoms with Crippen molar-refractivity contribution in [1.29, 1.82) is 0 Å². The zero-order valence-corrected chi connectivity index (χ0v) is 18.8. The SMILES string of the molecule is COC(=O)c1ccnc(C(=O)N2c3ccccc3[C@@H](N(C(C)=O)c3ccccc3)C[C@H]2C)c1. The summed E-state index contributed by atoms with van der Waals surface area (Å²) in [6.07, 6.45) is 1.98. The van der Waals surface area contributed by atoms with Gasteiger partial charge in [0.05, 0.1) is 18.7 Å². The summed E-state index contributed by atoms with van der Waals surface area (Å²) in [6, 6.07) is 19.7. The second-order valence-corrected chi connectivity index (χ2v) is 7.98. The molecule has 4 rings (SSSR count). The van der Waals surface area contributed by atoms with Gasteiger partial charge in [0.25, 0.3) is 5.91 Å². The number of methoxy groups -OCH3 is 1. The number of carbonyl (C=O) groups is 3. The van der Waals surface area contributed by atoms with E-state index in [1.165, 1.54) is 25.4 Å². The molecule has 7 nitrogen and oxygen atoms in total. The van der Waals surface area contributed by atoms with Gasteiger partial charge < -0.3 is 14.5 Å². The van der Waals surface area contributed by atoms with Crippen LogP contribution in [0.1, 0.15) is 52.7 Å². The highest BCUT2D eigenvalue weighted by Crippen LogP contribution is 2.42. The molecule has 0 saturated heterocycles. The lowest BCUT2D eigenvalue weighted by Crippen LogP contribution is -2.47. The van der Waals surface area contributed by atoms with Crippen LogP contribution < -0.4 is 9.80 Å². The number of anilines is 2. The normalized spacial score (nSPS) is 17.1. The van der Waals surface area contributed by atoms with Gasteiger partial charge in [0.2, 0.25) is 5.91 Å². The highest BCUT2D eigenvalue weighted by molar-refractivity contribution is 6.07. The zero-order chi connectivity index (χ0) is 23.5. The van der Waals surface area contributed by atoms with Crippen molar-refractivity contribution in [3.8, 4) is 0 Å². The fraction of sp³-hybridized carbons (Fsp3) is 0.231. The third kappa shape index (κ3) is 4.22. The van der Waals surface area contributed by atoms with Crippen molar-refractivity contribution >= 4 is 29.2 Å². The van der Waals surface area contributed by atoms with Crippen molar-refractivity contribution in [2.75, 3.05) is 16.9 Å². The average molecular weight is 444 g/mol. The number of pyridine rings is 1. The molecule has 0 radical (unpaired) electrons. The Labute approximate surface area is 192 Å². The van der Waals surface area contributed by atoms with Crippen LogP contribution in [0.3, 0.4) is 0 Å². The molecule has 2 atom stereocenters. The van der Waals surface area contributed by atoms with Gasteiger partial charge in [0.1, 0.15) is 5.69 Å². The summed E-state index contributed by atoms with van der Waals surface area (Å²) < 4.78 is 4.77. The van der Waals surface area contributed by atoms with E-state index in [0.29, 0.717) is 6.42 Å². The van der Waals surface area contributed by atoms with Crippen molar-refractivity contribution in [2.45, 2.75) is 32.4 Å². The van der Waals surface area contributed by atoms with Gasteiger partial charge in [0.15, 0.2) is 0 Å². The number of carbonyl (C=O) groups excluding carboxylic acids is 3. The van der Waals surface area contributed by atoms with Crippen LogP contribution in [0.5, 0.6) is 0 Å². The fourth-order valence-electron chi connectivity index (χ4n) is 4.42. The maximum atomic E-state index is 13.5. The Balaban J connectivity index is 1.76. The summed E-state index contributed by atoms with van der Waals surface area (Å²) in [5.41, 5.74) is 2.83. The Bertz CT molecular complexity index is 1190. The molecule has 0 N–H and O–H groups in total. The number of hydrogen-bond donors (Lipinski definition) is 0. The number of hydrogen-bond acceptors (Lipinski definition) is 5. The molecule has 7 heteroatoms. The topological polar surface area (TPSA) is 79.8 Å². The van der Waals surface area contributed by atoms with E-state index < -0.39 is 5.97 Å². The van der Waals surface area contributed by atoms with Crippen LogP contribution in [0, 0.1) is 0 Å². The minimum absolute atomic E-state index is 0.0691. The fourth-order valence-corrected chi connectivity index (χ4v) is 4.42. The van der Waals surface area contributed by atoms with Gasteiger partial charge >= 0.3 is 5.97 Å². The summed E-state index contributed by atoms with van der Waals surface area (Å²) in [6.45, 7) is 3.51. The number of esters is 1. The Morgan fingerprint density at radius 3 is 2.42 bits per heavy atom. The minimum Gasteiger partial charge on any atom is -0.465 e. The van der Waals surface area contributed by atoms with Crippen molar-refractivity contribution < 1.29 is 19.1 Å². The van der Waals surface area contributed by atoms with E-state index in [0.717, 1.165) is 16.9 Å². The van der Waals surface area contributed by atoms with Crippen molar-refractivity contribution in [3.05, 3.63) is 89.7 Å². The molecular formula is C26H25N3O4. The molecule has 0 bridgehead atoms. The summed E-state index contributed by atoms with van der Waals surface area (Å²) in [5, 5.41) is 0. The van der Waals surface area contributed by atoms with Gasteiger partial charge in [-0.25, -0.2) is 4.79 Å². The molecule has 2 heterocycles. The van der Waals surface area contributed by atoms with Gasteiger partial charge in [-0.1, -0.05) is 36.4 Å². The molecular weight excluding hydrogens is 418 g/mol. The molecule has 2 aromatic carbocycles. The molecule has 0 unspecified atom stereocenters. The Morgan fingerprint density at radius 1 is 1.03 bits per heavy atom. The first-order valence-corrected chi connectivity index (χ1v) is 10.7. The van der Waals surface area contributed by atoms with Gasteiger partial charge in [-0.2, -0.15) is 0 Å². The van der Waals surface area contributed by atoms with Gasteiger partial charge in [0, 0.05) is 30.5 Å². The standard InChI is InChI=1S/C26H25N3O4/c1-17-15-24(29(18(2)30)20-9-5-4-6-10-20)21-11-7-8-12-23(21)28(17)25(31)22-16-19(13-14-27-22)26(32)33-3/h4-14,16-17,24H,15H2,1-3H3/t17-,24+/m1/s1. The van der Waals surface area contributed by atoms with Crippen LogP contribution in [-0.4, -0.2) is 35.9 Å². The Hall–Kier alpha value is -4.00. The van der Waals surface area contributed by atoms with Crippen molar-refractivity contribution in [1.82, 2.24) is 4.98 Å². The molecule has 2 amide bonds. The van der Waals surface area contributed by atoms with Gasteiger partial charge in [-0.15, -0.1) is 0 Å². The van der Waals surface area contributed by atoms with E-state index >= 15 is 0 Å². The van der Waals surface area contributed by atoms with Crippen LogP contribution >= 0.6 is 0 Å². The first-order valence-electron chi connectivity index (χ1n) is 10.7. The average Bonchev–Trinajstić information content (AvgIpc) is 2.84. The third-order valence-electron chi connectivity index (χ3n) is 5.86. The van der Waals surface area contributed by atoms with Crippen LogP contribution in [0.25, 0.3) is 0 Å². The van der Waals surface area contributed by atoms with Gasteiger partial charge in [-0.05, 0) is 49.2 Å². The van der Waals surface area contributed by atoms with E-state index in [2.05, 4.69) is 4.98 Å². The summed E-state index contributed by atoms with van der Waals surface area (Å²) in [7, 11) is 1.29. The Morgan fingerprint density at radius 2 is 1.73 bits per heavy atom. The second-order valence-electron chi connectivity index (χ2n) is 7.98. The molecule has 3 aromatic rings. The zero-order valence-electron chi connectivity index (χ0n) is 18.8. The van der Waals surface area contributed by atoms with Gasteiger partial charge in [-0.3, -0.25) is 14.6 Å². The number of para-hydroxylation sites is 2. The molecule has 1 aliphatic rings. The van der Waals surface area contributed by atoms with E-state index in [9.17, 15) is 14.4 Å². The lowest BCUT2D eigenvalue weighted by molar-refractivity contribution is -0.117. The Kier molecular flexibility index (Phi) is 6.22. The molecule has 168 valence electrons. The number of benzene rings is 2. The van der Waals surface area contributed by atoms with E-state index in [1.54, 1.807) is 16.7 Å². The molecule has 0 aliphatic carbocycles.